The zero-order valence-corrected chi connectivity index (χ0v) is 11.8. The maximum absolute atomic E-state index is 11.8. The van der Waals surface area contributed by atoms with E-state index < -0.39 is 6.10 Å². The second-order valence-corrected chi connectivity index (χ2v) is 5.17. The molecule has 0 aliphatic carbocycles. The number of carbonyl (C=O) groups is 1. The third-order valence-electron chi connectivity index (χ3n) is 3.46. The molecule has 0 bridgehead atoms. The van der Waals surface area contributed by atoms with Crippen LogP contribution in [-0.2, 0) is 13.1 Å². The lowest BCUT2D eigenvalue weighted by Gasteiger charge is -2.13. The molecule has 0 spiro atoms. The van der Waals surface area contributed by atoms with Crippen molar-refractivity contribution in [1.29, 1.82) is 0 Å². The van der Waals surface area contributed by atoms with Crippen LogP contribution in [0, 0.1) is 0 Å². The quantitative estimate of drug-likeness (QED) is 0.887. The Hall–Kier alpha value is -2.34. The number of benzene rings is 1. The van der Waals surface area contributed by atoms with E-state index in [0.717, 1.165) is 11.1 Å². The number of fused-ring (bicyclic) bond motifs is 1. The van der Waals surface area contributed by atoms with Gasteiger partial charge in [0.25, 0.3) is 5.91 Å². The first-order valence-corrected chi connectivity index (χ1v) is 6.80. The number of rotatable bonds is 5. The van der Waals surface area contributed by atoms with E-state index in [9.17, 15) is 9.90 Å². The van der Waals surface area contributed by atoms with Gasteiger partial charge in [0.2, 0.25) is 0 Å². The first-order chi connectivity index (χ1) is 10.1. The highest BCUT2D eigenvalue weighted by atomic mass is 16.5. The maximum Gasteiger partial charge on any atom is 0.254 e. The summed E-state index contributed by atoms with van der Waals surface area (Å²) in [5, 5.41) is 13.9. The molecule has 1 N–H and O–H groups in total. The van der Waals surface area contributed by atoms with E-state index in [-0.39, 0.29) is 12.5 Å². The molecule has 0 radical (unpaired) electrons. The van der Waals surface area contributed by atoms with Gasteiger partial charge in [-0.3, -0.25) is 9.48 Å². The van der Waals surface area contributed by atoms with Crippen LogP contribution in [0.4, 0.5) is 0 Å². The molecule has 1 amide bonds. The zero-order chi connectivity index (χ0) is 14.8. The third kappa shape index (κ3) is 2.90. The van der Waals surface area contributed by atoms with Gasteiger partial charge in [-0.25, -0.2) is 0 Å². The largest absolute Gasteiger partial charge is 0.491 e. The predicted octanol–water partition coefficient (Wildman–Crippen LogP) is 0.909. The lowest BCUT2D eigenvalue weighted by molar-refractivity contribution is 0.0816. The smallest absolute Gasteiger partial charge is 0.254 e. The molecule has 0 fully saturated rings. The number of nitrogens with zero attached hydrogens (tertiary/aromatic N) is 3. The number of aliphatic hydroxyl groups is 1. The molecule has 1 unspecified atom stereocenters. The zero-order valence-electron chi connectivity index (χ0n) is 11.8. The highest BCUT2D eigenvalue weighted by Gasteiger charge is 2.24. The van der Waals surface area contributed by atoms with Gasteiger partial charge in [0, 0.05) is 31.5 Å². The van der Waals surface area contributed by atoms with Gasteiger partial charge in [-0.2, -0.15) is 5.10 Å². The summed E-state index contributed by atoms with van der Waals surface area (Å²) in [5.41, 5.74) is 1.68. The summed E-state index contributed by atoms with van der Waals surface area (Å²) >= 11 is 0. The number of aliphatic hydroxyl groups excluding tert-OH is 1. The summed E-state index contributed by atoms with van der Waals surface area (Å²) in [4.78, 5) is 13.5. The second-order valence-electron chi connectivity index (χ2n) is 5.17. The molecule has 2 aromatic rings. The topological polar surface area (TPSA) is 67.6 Å². The van der Waals surface area contributed by atoms with Gasteiger partial charge in [-0.15, -0.1) is 0 Å². The summed E-state index contributed by atoms with van der Waals surface area (Å²) in [5.74, 6) is 0.701. The van der Waals surface area contributed by atoms with E-state index in [1.165, 1.54) is 0 Å². The predicted molar refractivity (Wildman–Crippen MR) is 76.0 cm³/mol. The van der Waals surface area contributed by atoms with Crippen LogP contribution in [0.5, 0.6) is 5.75 Å². The van der Waals surface area contributed by atoms with Crippen LogP contribution in [0.1, 0.15) is 15.9 Å². The monoisotopic (exact) mass is 287 g/mol. The molecule has 1 aromatic heterocycles. The first-order valence-electron chi connectivity index (χ1n) is 6.80. The van der Waals surface area contributed by atoms with E-state index in [0.29, 0.717) is 18.8 Å². The third-order valence-corrected chi connectivity index (χ3v) is 3.46. The van der Waals surface area contributed by atoms with Crippen molar-refractivity contribution < 1.29 is 14.6 Å². The highest BCUT2D eigenvalue weighted by Crippen LogP contribution is 2.25. The summed E-state index contributed by atoms with van der Waals surface area (Å²) in [6, 6.07) is 7.20. The van der Waals surface area contributed by atoms with E-state index in [2.05, 4.69) is 5.10 Å². The summed E-state index contributed by atoms with van der Waals surface area (Å²) < 4.78 is 7.25. The number of hydrogen-bond acceptors (Lipinski definition) is 4. The van der Waals surface area contributed by atoms with Gasteiger partial charge in [-0.05, 0) is 29.8 Å². The Morgan fingerprint density at radius 1 is 1.48 bits per heavy atom. The number of carbonyl (C=O) groups excluding carboxylic acids is 1. The fourth-order valence-electron chi connectivity index (χ4n) is 2.40. The first kappa shape index (κ1) is 13.6. The Morgan fingerprint density at radius 3 is 3.10 bits per heavy atom. The SMILES string of the molecule is CN1Cc2cc(OCC(O)Cn3cccn3)ccc2C1=O. The number of ether oxygens (including phenoxy) is 1. The molecule has 21 heavy (non-hydrogen) atoms. The minimum Gasteiger partial charge on any atom is -0.491 e. The minimum atomic E-state index is -0.637. The van der Waals surface area contributed by atoms with E-state index in [1.54, 1.807) is 41.2 Å². The molecule has 110 valence electrons. The molecule has 1 aliphatic heterocycles. The standard InChI is InChI=1S/C15H17N3O3/c1-17-8-11-7-13(3-4-14(11)15(17)20)21-10-12(19)9-18-6-2-5-16-18/h2-7,12,19H,8-10H2,1H3. The minimum absolute atomic E-state index is 0.0373. The van der Waals surface area contributed by atoms with Crippen molar-refractivity contribution in [1.82, 2.24) is 14.7 Å². The highest BCUT2D eigenvalue weighted by molar-refractivity contribution is 5.98. The Bertz CT molecular complexity index is 640. The van der Waals surface area contributed by atoms with Crippen LogP contribution in [0.2, 0.25) is 0 Å². The molecule has 3 rings (SSSR count). The van der Waals surface area contributed by atoms with Crippen LogP contribution >= 0.6 is 0 Å². The number of aromatic nitrogens is 2. The Kier molecular flexibility index (Phi) is 3.62. The normalized spacial score (nSPS) is 15.1. The molecular weight excluding hydrogens is 270 g/mol. The van der Waals surface area contributed by atoms with Gasteiger partial charge in [0.15, 0.2) is 0 Å². The molecule has 6 heteroatoms. The molecule has 1 aromatic carbocycles. The van der Waals surface area contributed by atoms with Crippen LogP contribution in [0.3, 0.4) is 0 Å². The Labute approximate surface area is 122 Å². The lowest BCUT2D eigenvalue weighted by Crippen LogP contribution is -2.23. The van der Waals surface area contributed by atoms with E-state index in [1.807, 2.05) is 12.1 Å². The molecule has 1 aliphatic rings. The molecular formula is C15H17N3O3. The average Bonchev–Trinajstić information content (AvgIpc) is 3.06. The molecule has 2 heterocycles. The van der Waals surface area contributed by atoms with Gasteiger partial charge in [0.1, 0.15) is 18.5 Å². The van der Waals surface area contributed by atoms with E-state index >= 15 is 0 Å². The Balaban J connectivity index is 1.59. The van der Waals surface area contributed by atoms with Gasteiger partial charge in [0.05, 0.1) is 6.54 Å². The van der Waals surface area contributed by atoms with Crippen molar-refractivity contribution in [3.63, 3.8) is 0 Å². The van der Waals surface area contributed by atoms with Crippen molar-refractivity contribution >= 4 is 5.91 Å². The van der Waals surface area contributed by atoms with E-state index in [4.69, 9.17) is 4.74 Å². The van der Waals surface area contributed by atoms with Crippen molar-refractivity contribution in [3.8, 4) is 5.75 Å². The second kappa shape index (κ2) is 5.57. The van der Waals surface area contributed by atoms with Crippen molar-refractivity contribution in [2.45, 2.75) is 19.2 Å². The lowest BCUT2D eigenvalue weighted by atomic mass is 10.1. The fraction of sp³-hybridized carbons (Fsp3) is 0.333. The molecule has 1 atom stereocenters. The molecule has 0 saturated carbocycles. The summed E-state index contributed by atoms with van der Waals surface area (Å²) in [7, 11) is 1.77. The van der Waals surface area contributed by atoms with Gasteiger partial charge >= 0.3 is 0 Å². The molecule has 0 saturated heterocycles. The van der Waals surface area contributed by atoms with Crippen LogP contribution in [0.15, 0.2) is 36.7 Å². The number of amides is 1. The molecule has 6 nitrogen and oxygen atoms in total. The summed E-state index contributed by atoms with van der Waals surface area (Å²) in [6.07, 6.45) is 2.82. The number of hydrogen-bond donors (Lipinski definition) is 1. The van der Waals surface area contributed by atoms with Gasteiger partial charge < -0.3 is 14.7 Å². The Morgan fingerprint density at radius 2 is 2.33 bits per heavy atom. The van der Waals surface area contributed by atoms with Crippen molar-refractivity contribution in [3.05, 3.63) is 47.8 Å². The fourth-order valence-corrected chi connectivity index (χ4v) is 2.40. The average molecular weight is 287 g/mol. The van der Waals surface area contributed by atoms with Crippen LogP contribution in [0.25, 0.3) is 0 Å². The summed E-state index contributed by atoms with van der Waals surface area (Å²) in [6.45, 7) is 1.17. The van der Waals surface area contributed by atoms with Gasteiger partial charge in [-0.1, -0.05) is 0 Å². The van der Waals surface area contributed by atoms with Crippen molar-refractivity contribution in [2.75, 3.05) is 13.7 Å². The van der Waals surface area contributed by atoms with Crippen LogP contribution < -0.4 is 4.74 Å². The van der Waals surface area contributed by atoms with Crippen LogP contribution in [-0.4, -0.2) is 45.5 Å². The van der Waals surface area contributed by atoms with Crippen molar-refractivity contribution in [2.24, 2.45) is 0 Å². The maximum atomic E-state index is 11.8.